The van der Waals surface area contributed by atoms with E-state index in [1.54, 1.807) is 71.9 Å². The minimum Gasteiger partial charge on any atom is -0.483 e. The summed E-state index contributed by atoms with van der Waals surface area (Å²) in [6.45, 7) is 10.2. The third kappa shape index (κ3) is 4.26. The van der Waals surface area contributed by atoms with Crippen molar-refractivity contribution in [1.82, 2.24) is 0 Å². The Morgan fingerprint density at radius 1 is 0.968 bits per heavy atom. The Morgan fingerprint density at radius 3 is 2.16 bits per heavy atom. The standard InChI is InChI=1S/C24H26O7/c1-7-13(3)22(26)29-20-18-16(11-9-15-10-12-17(25)28-19(15)18)31-24(5,6)21(20)30-23(27)14(4)8-2/h7-12,20-21H,1-6H3/b13-7-,14-8+. The maximum Gasteiger partial charge on any atom is 0.336 e. The molecule has 2 unspecified atom stereocenters. The van der Waals surface area contributed by atoms with Gasteiger partial charge in [0.1, 0.15) is 16.9 Å². The predicted octanol–water partition coefficient (Wildman–Crippen LogP) is 4.39. The fraction of sp³-hybridized carbons (Fsp3) is 0.375. The maximum atomic E-state index is 12.7. The minimum atomic E-state index is -1.05. The summed E-state index contributed by atoms with van der Waals surface area (Å²) in [5.74, 6) is -0.744. The largest absolute Gasteiger partial charge is 0.483 e. The topological polar surface area (TPSA) is 92.0 Å². The van der Waals surface area contributed by atoms with Crippen LogP contribution < -0.4 is 10.4 Å². The average molecular weight is 426 g/mol. The van der Waals surface area contributed by atoms with Gasteiger partial charge in [-0.15, -0.1) is 0 Å². The van der Waals surface area contributed by atoms with E-state index < -0.39 is 35.4 Å². The molecule has 1 aliphatic rings. The molecule has 0 saturated carbocycles. The lowest BCUT2D eigenvalue weighted by Crippen LogP contribution is -2.52. The van der Waals surface area contributed by atoms with Crippen LogP contribution in [-0.4, -0.2) is 23.6 Å². The summed E-state index contributed by atoms with van der Waals surface area (Å²) < 4.78 is 23.2. The summed E-state index contributed by atoms with van der Waals surface area (Å²) in [5.41, 5.74) is -0.224. The lowest BCUT2D eigenvalue weighted by atomic mass is 9.87. The maximum absolute atomic E-state index is 12.7. The van der Waals surface area contributed by atoms with Crippen molar-refractivity contribution in [2.24, 2.45) is 0 Å². The number of carbonyl (C=O) groups excluding carboxylic acids is 2. The molecule has 0 amide bonds. The van der Waals surface area contributed by atoms with Crippen molar-refractivity contribution in [2.75, 3.05) is 0 Å². The Labute approximate surface area is 180 Å². The molecule has 31 heavy (non-hydrogen) atoms. The van der Waals surface area contributed by atoms with Crippen LogP contribution in [0, 0.1) is 0 Å². The molecule has 1 aromatic heterocycles. The average Bonchev–Trinajstić information content (AvgIpc) is 2.73. The molecule has 2 heterocycles. The highest BCUT2D eigenvalue weighted by atomic mass is 16.6. The van der Waals surface area contributed by atoms with Crippen LogP contribution in [0.5, 0.6) is 5.75 Å². The molecular weight excluding hydrogens is 400 g/mol. The van der Waals surface area contributed by atoms with E-state index in [4.69, 9.17) is 18.6 Å². The van der Waals surface area contributed by atoms with Gasteiger partial charge < -0.3 is 18.6 Å². The molecule has 1 aliphatic heterocycles. The van der Waals surface area contributed by atoms with Crippen molar-refractivity contribution in [3.05, 3.63) is 63.5 Å². The molecule has 1 aromatic carbocycles. The van der Waals surface area contributed by atoms with Crippen molar-refractivity contribution < 1.29 is 28.2 Å². The van der Waals surface area contributed by atoms with Crippen molar-refractivity contribution in [3.63, 3.8) is 0 Å². The first-order chi connectivity index (χ1) is 14.6. The van der Waals surface area contributed by atoms with Gasteiger partial charge in [-0.05, 0) is 59.7 Å². The van der Waals surface area contributed by atoms with Crippen LogP contribution in [0.2, 0.25) is 0 Å². The van der Waals surface area contributed by atoms with Crippen LogP contribution in [0.25, 0.3) is 11.0 Å². The van der Waals surface area contributed by atoms with E-state index in [2.05, 4.69) is 0 Å². The third-order valence-corrected chi connectivity index (χ3v) is 5.38. The van der Waals surface area contributed by atoms with E-state index in [0.717, 1.165) is 0 Å². The number of esters is 2. The minimum absolute atomic E-state index is 0.222. The fourth-order valence-corrected chi connectivity index (χ4v) is 3.33. The Hall–Kier alpha value is -3.35. The van der Waals surface area contributed by atoms with Gasteiger partial charge in [0.15, 0.2) is 12.2 Å². The number of carbonyl (C=O) groups is 2. The summed E-state index contributed by atoms with van der Waals surface area (Å²) >= 11 is 0. The molecule has 7 nitrogen and oxygen atoms in total. The van der Waals surface area contributed by atoms with Crippen molar-refractivity contribution >= 4 is 22.9 Å². The molecule has 3 rings (SSSR count). The molecule has 164 valence electrons. The summed E-state index contributed by atoms with van der Waals surface area (Å²) in [4.78, 5) is 37.3. The van der Waals surface area contributed by atoms with Crippen LogP contribution in [0.15, 0.2) is 56.8 Å². The van der Waals surface area contributed by atoms with Crippen molar-refractivity contribution in [3.8, 4) is 5.75 Å². The van der Waals surface area contributed by atoms with E-state index >= 15 is 0 Å². The molecule has 0 spiro atoms. The monoisotopic (exact) mass is 426 g/mol. The highest BCUT2D eigenvalue weighted by Crippen LogP contribution is 2.46. The van der Waals surface area contributed by atoms with E-state index in [1.807, 2.05) is 0 Å². The van der Waals surface area contributed by atoms with Gasteiger partial charge in [0, 0.05) is 22.6 Å². The van der Waals surface area contributed by atoms with Crippen LogP contribution in [0.1, 0.15) is 53.2 Å². The fourth-order valence-electron chi connectivity index (χ4n) is 3.33. The Bertz CT molecular complexity index is 1150. The third-order valence-electron chi connectivity index (χ3n) is 5.38. The normalized spacial score (nSPS) is 20.6. The van der Waals surface area contributed by atoms with E-state index in [-0.39, 0.29) is 5.58 Å². The molecule has 2 atom stereocenters. The lowest BCUT2D eigenvalue weighted by molar-refractivity contribution is -0.185. The molecule has 0 fully saturated rings. The molecule has 0 radical (unpaired) electrons. The molecule has 0 N–H and O–H groups in total. The second-order valence-electron chi connectivity index (χ2n) is 7.95. The second-order valence-corrected chi connectivity index (χ2v) is 7.95. The molecular formula is C24H26O7. The van der Waals surface area contributed by atoms with Crippen LogP contribution in [0.3, 0.4) is 0 Å². The zero-order valence-electron chi connectivity index (χ0n) is 18.5. The predicted molar refractivity (Wildman–Crippen MR) is 115 cm³/mol. The Balaban J connectivity index is 2.23. The van der Waals surface area contributed by atoms with Crippen LogP contribution in [-0.2, 0) is 19.1 Å². The number of ether oxygens (including phenoxy) is 3. The molecule has 2 aromatic rings. The summed E-state index contributed by atoms with van der Waals surface area (Å²) in [6, 6.07) is 6.39. The number of allylic oxidation sites excluding steroid dienone is 2. The number of hydrogen-bond donors (Lipinski definition) is 0. The summed E-state index contributed by atoms with van der Waals surface area (Å²) in [5, 5.41) is 0.625. The second kappa shape index (κ2) is 8.41. The van der Waals surface area contributed by atoms with Crippen LogP contribution >= 0.6 is 0 Å². The van der Waals surface area contributed by atoms with Gasteiger partial charge in [0.2, 0.25) is 0 Å². The first kappa shape index (κ1) is 22.3. The Kier molecular flexibility index (Phi) is 6.06. The first-order valence-corrected chi connectivity index (χ1v) is 10.0. The van der Waals surface area contributed by atoms with Gasteiger partial charge in [-0.3, -0.25) is 0 Å². The Morgan fingerprint density at radius 2 is 1.55 bits per heavy atom. The van der Waals surface area contributed by atoms with E-state index in [0.29, 0.717) is 27.8 Å². The lowest BCUT2D eigenvalue weighted by Gasteiger charge is -2.43. The van der Waals surface area contributed by atoms with Gasteiger partial charge in [-0.1, -0.05) is 12.2 Å². The van der Waals surface area contributed by atoms with Gasteiger partial charge in [0.25, 0.3) is 0 Å². The molecule has 0 saturated heterocycles. The van der Waals surface area contributed by atoms with Crippen molar-refractivity contribution in [2.45, 2.75) is 59.4 Å². The van der Waals surface area contributed by atoms with E-state index in [1.165, 1.54) is 6.07 Å². The van der Waals surface area contributed by atoms with E-state index in [9.17, 15) is 14.4 Å². The number of fused-ring (bicyclic) bond motifs is 3. The van der Waals surface area contributed by atoms with Crippen LogP contribution in [0.4, 0.5) is 0 Å². The molecule has 0 aliphatic carbocycles. The number of hydrogen-bond acceptors (Lipinski definition) is 7. The first-order valence-electron chi connectivity index (χ1n) is 10.0. The zero-order chi connectivity index (χ0) is 22.9. The van der Waals surface area contributed by atoms with Gasteiger partial charge >= 0.3 is 17.6 Å². The number of benzene rings is 1. The molecule has 7 heteroatoms. The van der Waals surface area contributed by atoms with Gasteiger partial charge in [-0.2, -0.15) is 0 Å². The quantitative estimate of drug-likeness (QED) is 0.407. The summed E-state index contributed by atoms with van der Waals surface area (Å²) in [7, 11) is 0. The SMILES string of the molecule is C/C=C(/C)C(=O)OC1c2c(ccc3ccc(=O)oc23)OC(C)(C)C1OC(=O)/C(C)=C/C. The van der Waals surface area contributed by atoms with Gasteiger partial charge in [0.05, 0.1) is 5.56 Å². The summed E-state index contributed by atoms with van der Waals surface area (Å²) in [6.07, 6.45) is 1.21. The zero-order valence-corrected chi connectivity index (χ0v) is 18.5. The smallest absolute Gasteiger partial charge is 0.336 e. The van der Waals surface area contributed by atoms with Crippen molar-refractivity contribution in [1.29, 1.82) is 0 Å². The number of rotatable bonds is 4. The highest BCUT2D eigenvalue weighted by molar-refractivity contribution is 5.90. The highest BCUT2D eigenvalue weighted by Gasteiger charge is 2.50. The molecule has 0 bridgehead atoms. The van der Waals surface area contributed by atoms with Gasteiger partial charge in [-0.25, -0.2) is 14.4 Å².